The number of rotatable bonds is 4. The molecule has 0 fully saturated rings. The first-order valence-electron chi connectivity index (χ1n) is 5.69. The predicted molar refractivity (Wildman–Crippen MR) is 71.3 cm³/mol. The van der Waals surface area contributed by atoms with Crippen molar-refractivity contribution in [2.75, 3.05) is 12.3 Å². The molecule has 0 aliphatic heterocycles. The van der Waals surface area contributed by atoms with Crippen molar-refractivity contribution in [2.24, 2.45) is 0 Å². The molecule has 3 N–H and O–H groups in total. The van der Waals surface area contributed by atoms with Crippen LogP contribution in [0.15, 0.2) is 29.4 Å². The minimum atomic E-state index is -3.59. The molecule has 1 aromatic heterocycles. The molecule has 8 nitrogen and oxygen atoms in total. The molecule has 2 rings (SSSR count). The zero-order valence-corrected chi connectivity index (χ0v) is 11.4. The van der Waals surface area contributed by atoms with Crippen LogP contribution in [0, 0.1) is 11.3 Å². The van der Waals surface area contributed by atoms with Crippen LogP contribution >= 0.6 is 0 Å². The summed E-state index contributed by atoms with van der Waals surface area (Å²) in [5, 5.41) is 12.6. The van der Waals surface area contributed by atoms with Crippen molar-refractivity contribution in [2.45, 2.75) is 11.8 Å². The van der Waals surface area contributed by atoms with E-state index in [2.05, 4.69) is 14.8 Å². The van der Waals surface area contributed by atoms with E-state index in [0.29, 0.717) is 11.4 Å². The van der Waals surface area contributed by atoms with Gasteiger partial charge in [-0.2, -0.15) is 5.26 Å². The third-order valence-electron chi connectivity index (χ3n) is 2.49. The van der Waals surface area contributed by atoms with Crippen molar-refractivity contribution < 1.29 is 8.42 Å². The number of nitrogens with one attached hydrogen (secondary N) is 1. The minimum Gasteiger partial charge on any atom is -0.397 e. The molecule has 1 heterocycles. The number of nitrogen functional groups attached to an aromatic ring is 1. The lowest BCUT2D eigenvalue weighted by atomic mass is 10.3. The predicted octanol–water partition coefficient (Wildman–Crippen LogP) is 0.0194. The van der Waals surface area contributed by atoms with E-state index < -0.39 is 10.0 Å². The number of nitrogens with zero attached hydrogens (tertiary/aromatic N) is 4. The number of nitriles is 1. The van der Waals surface area contributed by atoms with Gasteiger partial charge in [-0.05, 0) is 18.2 Å². The number of sulfonamides is 1. The van der Waals surface area contributed by atoms with Crippen LogP contribution in [0.4, 0.5) is 5.69 Å². The van der Waals surface area contributed by atoms with Gasteiger partial charge in [0.15, 0.2) is 0 Å². The molecule has 2 aromatic rings. The normalized spacial score (nSPS) is 11.2. The van der Waals surface area contributed by atoms with Gasteiger partial charge in [-0.1, -0.05) is 6.92 Å². The fraction of sp³-hybridized carbons (Fsp3) is 0.182. The summed E-state index contributed by atoms with van der Waals surface area (Å²) in [5.41, 5.74) is 6.48. The van der Waals surface area contributed by atoms with Crippen LogP contribution in [-0.2, 0) is 10.0 Å². The van der Waals surface area contributed by atoms with E-state index in [9.17, 15) is 8.42 Å². The Labute approximate surface area is 115 Å². The smallest absolute Gasteiger partial charge is 0.252 e. The Kier molecular flexibility index (Phi) is 3.69. The zero-order valence-electron chi connectivity index (χ0n) is 10.6. The van der Waals surface area contributed by atoms with Crippen molar-refractivity contribution >= 4 is 15.7 Å². The lowest BCUT2D eigenvalue weighted by molar-refractivity contribution is 0.584. The van der Waals surface area contributed by atoms with Gasteiger partial charge in [0.25, 0.3) is 5.82 Å². The van der Waals surface area contributed by atoms with E-state index in [1.165, 1.54) is 29.2 Å². The lowest BCUT2D eigenvalue weighted by Gasteiger charge is -2.09. The van der Waals surface area contributed by atoms with Gasteiger partial charge in [0.05, 0.1) is 16.3 Å². The second-order valence-electron chi connectivity index (χ2n) is 3.85. The molecule has 0 spiro atoms. The molecule has 0 saturated heterocycles. The van der Waals surface area contributed by atoms with Crippen LogP contribution in [-0.4, -0.2) is 29.7 Å². The van der Waals surface area contributed by atoms with Gasteiger partial charge in [0.1, 0.15) is 12.4 Å². The molecular formula is C11H12N6O2S. The largest absolute Gasteiger partial charge is 0.397 e. The topological polar surface area (TPSA) is 127 Å². The number of nitrogens with two attached hydrogens (primary N) is 1. The van der Waals surface area contributed by atoms with E-state index in [-0.39, 0.29) is 17.3 Å². The number of hydrogen-bond acceptors (Lipinski definition) is 6. The Bertz CT molecular complexity index is 774. The Morgan fingerprint density at radius 1 is 1.50 bits per heavy atom. The highest BCUT2D eigenvalue weighted by Crippen LogP contribution is 2.21. The second kappa shape index (κ2) is 5.28. The van der Waals surface area contributed by atoms with Crippen LogP contribution in [0.25, 0.3) is 5.69 Å². The zero-order chi connectivity index (χ0) is 14.8. The molecular weight excluding hydrogens is 280 g/mol. The van der Waals surface area contributed by atoms with Gasteiger partial charge in [0.2, 0.25) is 10.0 Å². The summed E-state index contributed by atoms with van der Waals surface area (Å²) in [6.07, 6.45) is 1.30. The van der Waals surface area contributed by atoms with Crippen LogP contribution in [0.2, 0.25) is 0 Å². The molecule has 0 unspecified atom stereocenters. The van der Waals surface area contributed by atoms with Gasteiger partial charge in [0, 0.05) is 6.54 Å². The SMILES string of the molecule is CCNS(=O)(=O)c1ccc(N)c(-n2cnc(C#N)n2)c1. The average molecular weight is 292 g/mol. The Morgan fingerprint density at radius 2 is 2.25 bits per heavy atom. The third kappa shape index (κ3) is 2.61. The van der Waals surface area contributed by atoms with Crippen molar-refractivity contribution in [3.8, 4) is 11.8 Å². The standard InChI is InChI=1S/C11H12N6O2S/c1-2-15-20(18,19)8-3-4-9(13)10(5-8)17-7-14-11(6-12)16-17/h3-5,7,15H,2,13H2,1H3. The summed E-state index contributed by atoms with van der Waals surface area (Å²) >= 11 is 0. The fourth-order valence-corrected chi connectivity index (χ4v) is 2.65. The summed E-state index contributed by atoms with van der Waals surface area (Å²) < 4.78 is 27.5. The third-order valence-corrected chi connectivity index (χ3v) is 4.03. The molecule has 1 aromatic carbocycles. The number of anilines is 1. The molecule has 0 aliphatic carbocycles. The molecule has 9 heteroatoms. The molecule has 20 heavy (non-hydrogen) atoms. The summed E-state index contributed by atoms with van der Waals surface area (Å²) in [6, 6.07) is 6.03. The fourth-order valence-electron chi connectivity index (χ4n) is 1.59. The quantitative estimate of drug-likeness (QED) is 0.765. The minimum absolute atomic E-state index is 0.0238. The number of benzene rings is 1. The van der Waals surface area contributed by atoms with Crippen molar-refractivity contribution in [1.29, 1.82) is 5.26 Å². The lowest BCUT2D eigenvalue weighted by Crippen LogP contribution is -2.23. The van der Waals surface area contributed by atoms with E-state index in [1.807, 2.05) is 0 Å². The van der Waals surface area contributed by atoms with Crippen LogP contribution in [0.3, 0.4) is 0 Å². The first kappa shape index (κ1) is 14.0. The molecule has 0 aliphatic rings. The highest BCUT2D eigenvalue weighted by molar-refractivity contribution is 7.89. The molecule has 0 saturated carbocycles. The van der Waals surface area contributed by atoms with Gasteiger partial charge < -0.3 is 5.73 Å². The molecule has 0 amide bonds. The Morgan fingerprint density at radius 3 is 2.85 bits per heavy atom. The molecule has 0 radical (unpaired) electrons. The number of hydrogen-bond donors (Lipinski definition) is 2. The van der Waals surface area contributed by atoms with Crippen LogP contribution in [0.1, 0.15) is 12.7 Å². The first-order chi connectivity index (χ1) is 9.47. The summed E-state index contributed by atoms with van der Waals surface area (Å²) in [4.78, 5) is 3.82. The van der Waals surface area contributed by atoms with E-state index in [1.54, 1.807) is 13.0 Å². The van der Waals surface area contributed by atoms with Gasteiger partial charge >= 0.3 is 0 Å². The van der Waals surface area contributed by atoms with Gasteiger partial charge in [-0.3, -0.25) is 0 Å². The van der Waals surface area contributed by atoms with E-state index >= 15 is 0 Å². The molecule has 104 valence electrons. The van der Waals surface area contributed by atoms with Crippen LogP contribution < -0.4 is 10.5 Å². The monoisotopic (exact) mass is 292 g/mol. The van der Waals surface area contributed by atoms with Crippen molar-refractivity contribution in [3.63, 3.8) is 0 Å². The Balaban J connectivity index is 2.52. The number of aromatic nitrogens is 3. The average Bonchev–Trinajstić information content (AvgIpc) is 2.87. The van der Waals surface area contributed by atoms with E-state index in [0.717, 1.165) is 0 Å². The molecule has 0 atom stereocenters. The molecule has 0 bridgehead atoms. The van der Waals surface area contributed by atoms with E-state index in [4.69, 9.17) is 11.0 Å². The van der Waals surface area contributed by atoms with Crippen molar-refractivity contribution in [1.82, 2.24) is 19.5 Å². The van der Waals surface area contributed by atoms with Crippen molar-refractivity contribution in [3.05, 3.63) is 30.4 Å². The second-order valence-corrected chi connectivity index (χ2v) is 5.61. The summed E-state index contributed by atoms with van der Waals surface area (Å²) in [7, 11) is -3.59. The highest BCUT2D eigenvalue weighted by Gasteiger charge is 2.15. The highest BCUT2D eigenvalue weighted by atomic mass is 32.2. The summed E-state index contributed by atoms with van der Waals surface area (Å²) in [5.74, 6) is -0.0238. The Hall–Kier alpha value is -2.44. The maximum absolute atomic E-state index is 11.9. The first-order valence-corrected chi connectivity index (χ1v) is 7.17. The van der Waals surface area contributed by atoms with Gasteiger partial charge in [-0.25, -0.2) is 22.8 Å². The maximum atomic E-state index is 11.9. The van der Waals surface area contributed by atoms with Gasteiger partial charge in [-0.15, -0.1) is 5.10 Å². The maximum Gasteiger partial charge on any atom is 0.252 e. The van der Waals surface area contributed by atoms with Crippen LogP contribution in [0.5, 0.6) is 0 Å². The summed E-state index contributed by atoms with van der Waals surface area (Å²) in [6.45, 7) is 1.97.